The molecule has 1 aromatic carbocycles. The van der Waals surface area contributed by atoms with Crippen molar-refractivity contribution in [2.75, 3.05) is 0 Å². The van der Waals surface area contributed by atoms with E-state index in [1.165, 1.54) is 10.6 Å². The summed E-state index contributed by atoms with van der Waals surface area (Å²) in [6.07, 6.45) is 4.57. The minimum atomic E-state index is -0.646. The predicted octanol–water partition coefficient (Wildman–Crippen LogP) is 3.78. The first-order chi connectivity index (χ1) is 15.2. The molecule has 0 amide bonds. The second-order valence-corrected chi connectivity index (χ2v) is 8.78. The van der Waals surface area contributed by atoms with Crippen molar-refractivity contribution in [2.24, 2.45) is 0 Å². The zero-order chi connectivity index (χ0) is 23.4. The number of halogens is 1. The van der Waals surface area contributed by atoms with E-state index in [9.17, 15) is 14.4 Å². The van der Waals surface area contributed by atoms with Crippen LogP contribution in [-0.4, -0.2) is 20.3 Å². The maximum absolute atomic E-state index is 13.7. The Kier molecular flexibility index (Phi) is 7.20. The molecule has 0 saturated heterocycles. The number of pyridine rings is 1. The van der Waals surface area contributed by atoms with Crippen LogP contribution in [0.15, 0.2) is 52.2 Å². The van der Waals surface area contributed by atoms with Crippen molar-refractivity contribution in [1.29, 1.82) is 5.26 Å². The van der Waals surface area contributed by atoms with Gasteiger partial charge in [0.25, 0.3) is 5.56 Å². The van der Waals surface area contributed by atoms with E-state index in [4.69, 9.17) is 5.26 Å². The van der Waals surface area contributed by atoms with E-state index >= 15 is 0 Å². The van der Waals surface area contributed by atoms with Gasteiger partial charge < -0.3 is 0 Å². The first-order valence-electron chi connectivity index (χ1n) is 9.91. The summed E-state index contributed by atoms with van der Waals surface area (Å²) < 4.78 is 2.07. The molecule has 0 aliphatic carbocycles. The Morgan fingerprint density at radius 2 is 2.03 bits per heavy atom. The Labute approximate surface area is 198 Å². The quantitative estimate of drug-likeness (QED) is 0.222. The maximum Gasteiger partial charge on any atom is 0.329 e. The van der Waals surface area contributed by atoms with E-state index in [0.717, 1.165) is 14.8 Å². The summed E-state index contributed by atoms with van der Waals surface area (Å²) in [5.41, 5.74) is 1.75. The summed E-state index contributed by atoms with van der Waals surface area (Å²) >= 11 is 2.08. The zero-order valence-electron chi connectivity index (χ0n) is 17.8. The van der Waals surface area contributed by atoms with Crippen LogP contribution < -0.4 is 11.2 Å². The second-order valence-electron chi connectivity index (χ2n) is 7.67. The first kappa shape index (κ1) is 23.3. The number of hydrogen-bond donors (Lipinski definition) is 1. The number of benzene rings is 1. The van der Waals surface area contributed by atoms with Gasteiger partial charge in [0.05, 0.1) is 12.6 Å². The second kappa shape index (κ2) is 9.87. The van der Waals surface area contributed by atoms with Crippen molar-refractivity contribution in [3.8, 4) is 6.07 Å². The van der Waals surface area contributed by atoms with Crippen LogP contribution in [-0.2, 0) is 6.54 Å². The number of nitriles is 1. The minimum Gasteiger partial charge on any atom is -0.287 e. The molecule has 0 saturated carbocycles. The number of aryl methyl sites for hydroxylation is 1. The molecule has 0 unspecified atom stereocenters. The summed E-state index contributed by atoms with van der Waals surface area (Å²) in [5.74, 6) is -0.708. The fourth-order valence-electron chi connectivity index (χ4n) is 3.55. The molecule has 0 spiro atoms. The van der Waals surface area contributed by atoms with Gasteiger partial charge in [-0.05, 0) is 82.5 Å². The molecular weight excluding hydrogens is 519 g/mol. The molecule has 3 rings (SSSR count). The van der Waals surface area contributed by atoms with Crippen LogP contribution in [0.2, 0.25) is 0 Å². The number of allylic oxidation sites excluding steroid dienone is 1. The number of ketones is 1. The van der Waals surface area contributed by atoms with Crippen molar-refractivity contribution in [3.05, 3.63) is 101 Å². The highest BCUT2D eigenvalue weighted by Gasteiger charge is 2.25. The van der Waals surface area contributed by atoms with Gasteiger partial charge in [-0.3, -0.25) is 24.1 Å². The molecule has 8 heteroatoms. The van der Waals surface area contributed by atoms with E-state index in [1.807, 2.05) is 39.0 Å². The number of hydrogen-bond acceptors (Lipinski definition) is 5. The van der Waals surface area contributed by atoms with Gasteiger partial charge >= 0.3 is 5.69 Å². The third-order valence-corrected chi connectivity index (χ3v) is 5.46. The SMILES string of the molecule is Cc1cc(/C=C/C#N)cc(C(=O)c2c(C(C)C)c(=O)[nH]c(=O)n2Cc2ccnc(I)c2)c1. The van der Waals surface area contributed by atoms with E-state index in [2.05, 4.69) is 32.6 Å². The number of aromatic amines is 1. The lowest BCUT2D eigenvalue weighted by Gasteiger charge is -2.18. The molecule has 0 aliphatic rings. The Morgan fingerprint density at radius 1 is 1.28 bits per heavy atom. The Balaban J connectivity index is 2.26. The fraction of sp³-hybridized carbons (Fsp3) is 0.208. The topological polar surface area (TPSA) is 109 Å². The largest absolute Gasteiger partial charge is 0.329 e. The minimum absolute atomic E-state index is 0.0707. The highest BCUT2D eigenvalue weighted by molar-refractivity contribution is 14.1. The highest BCUT2D eigenvalue weighted by Crippen LogP contribution is 2.21. The number of nitrogens with zero attached hydrogens (tertiary/aromatic N) is 3. The lowest BCUT2D eigenvalue weighted by molar-refractivity contribution is 0.102. The molecule has 0 atom stereocenters. The van der Waals surface area contributed by atoms with Crippen LogP contribution in [0.25, 0.3) is 6.08 Å². The predicted molar refractivity (Wildman–Crippen MR) is 131 cm³/mol. The molecule has 0 bridgehead atoms. The molecule has 2 heterocycles. The third-order valence-electron chi connectivity index (χ3n) is 4.87. The third kappa shape index (κ3) is 5.11. The van der Waals surface area contributed by atoms with Gasteiger partial charge in [0.15, 0.2) is 0 Å². The number of aromatic nitrogens is 3. The molecule has 0 radical (unpaired) electrons. The number of nitrogens with one attached hydrogen (secondary N) is 1. The normalized spacial score (nSPS) is 11.1. The number of H-pyrrole nitrogens is 1. The summed E-state index contributed by atoms with van der Waals surface area (Å²) in [6.45, 7) is 5.57. The van der Waals surface area contributed by atoms with Crippen LogP contribution in [0.5, 0.6) is 0 Å². The van der Waals surface area contributed by atoms with Gasteiger partial charge in [-0.2, -0.15) is 5.26 Å². The molecule has 32 heavy (non-hydrogen) atoms. The average molecular weight is 540 g/mol. The monoisotopic (exact) mass is 540 g/mol. The maximum atomic E-state index is 13.7. The lowest BCUT2D eigenvalue weighted by atomic mass is 9.95. The Bertz CT molecular complexity index is 1380. The van der Waals surface area contributed by atoms with Crippen LogP contribution in [0.3, 0.4) is 0 Å². The summed E-state index contributed by atoms with van der Waals surface area (Å²) in [5, 5.41) is 8.82. The van der Waals surface area contributed by atoms with Crippen molar-refractivity contribution in [1.82, 2.24) is 14.5 Å². The fourth-order valence-corrected chi connectivity index (χ4v) is 4.11. The van der Waals surface area contributed by atoms with E-state index in [1.54, 1.807) is 30.5 Å². The smallest absolute Gasteiger partial charge is 0.287 e. The van der Waals surface area contributed by atoms with E-state index in [-0.39, 0.29) is 23.7 Å². The molecule has 7 nitrogen and oxygen atoms in total. The average Bonchev–Trinajstić information content (AvgIpc) is 2.72. The molecule has 2 aromatic heterocycles. The molecule has 3 aromatic rings. The highest BCUT2D eigenvalue weighted by atomic mass is 127. The molecule has 1 N–H and O–H groups in total. The van der Waals surface area contributed by atoms with Gasteiger partial charge in [0, 0.05) is 23.4 Å². The molecule has 162 valence electrons. The lowest BCUT2D eigenvalue weighted by Crippen LogP contribution is -2.38. The number of carbonyl (C=O) groups is 1. The first-order valence-corrected chi connectivity index (χ1v) is 11.0. The van der Waals surface area contributed by atoms with Crippen molar-refractivity contribution >= 4 is 34.5 Å². The number of rotatable bonds is 6. The summed E-state index contributed by atoms with van der Waals surface area (Å²) in [6, 6.07) is 10.7. The zero-order valence-corrected chi connectivity index (χ0v) is 20.0. The number of carbonyl (C=O) groups excluding carboxylic acids is 1. The van der Waals surface area contributed by atoms with Crippen molar-refractivity contribution < 1.29 is 4.79 Å². The van der Waals surface area contributed by atoms with Crippen LogP contribution in [0, 0.1) is 22.0 Å². The van der Waals surface area contributed by atoms with Gasteiger partial charge in [0.1, 0.15) is 9.39 Å². The Morgan fingerprint density at radius 3 is 2.69 bits per heavy atom. The van der Waals surface area contributed by atoms with Gasteiger partial charge in [-0.1, -0.05) is 19.9 Å². The van der Waals surface area contributed by atoms with Gasteiger partial charge in [-0.15, -0.1) is 0 Å². The van der Waals surface area contributed by atoms with Crippen LogP contribution >= 0.6 is 22.6 Å². The molecule has 0 fully saturated rings. The van der Waals surface area contributed by atoms with Crippen LogP contribution in [0.1, 0.15) is 58.1 Å². The van der Waals surface area contributed by atoms with E-state index in [0.29, 0.717) is 11.1 Å². The van der Waals surface area contributed by atoms with Gasteiger partial charge in [-0.25, -0.2) is 4.79 Å². The standard InChI is InChI=1S/C24H21IN4O3/c1-14(2)20-21(22(30)18-10-15(3)9-16(11-18)5-4-7-26)29(24(32)28-23(20)31)13-17-6-8-27-19(25)12-17/h4-6,8-12,14H,13H2,1-3H3,(H,28,31,32)/b5-4+. The molecular formula is C24H21IN4O3. The Hall–Kier alpha value is -3.32. The van der Waals surface area contributed by atoms with E-state index < -0.39 is 17.0 Å². The van der Waals surface area contributed by atoms with Crippen molar-refractivity contribution in [3.63, 3.8) is 0 Å². The van der Waals surface area contributed by atoms with Crippen molar-refractivity contribution in [2.45, 2.75) is 33.2 Å². The molecule has 0 aliphatic heterocycles. The van der Waals surface area contributed by atoms with Gasteiger partial charge in [0.2, 0.25) is 5.78 Å². The van der Waals surface area contributed by atoms with Crippen LogP contribution in [0.4, 0.5) is 0 Å². The summed E-state index contributed by atoms with van der Waals surface area (Å²) in [4.78, 5) is 45.7. The summed E-state index contributed by atoms with van der Waals surface area (Å²) in [7, 11) is 0.